The number of halogens is 2. The van der Waals surface area contributed by atoms with Gasteiger partial charge in [0.2, 0.25) is 0 Å². The second kappa shape index (κ2) is 6.22. The third-order valence-electron chi connectivity index (χ3n) is 3.38. The van der Waals surface area contributed by atoms with Gasteiger partial charge in [-0.1, -0.05) is 6.92 Å². The van der Waals surface area contributed by atoms with Gasteiger partial charge in [-0.05, 0) is 63.7 Å². The van der Waals surface area contributed by atoms with Gasteiger partial charge >= 0.3 is 0 Å². The highest BCUT2D eigenvalue weighted by molar-refractivity contribution is 9.11. The van der Waals surface area contributed by atoms with Crippen molar-refractivity contribution in [3.63, 3.8) is 0 Å². The quantitative estimate of drug-likeness (QED) is 0.809. The van der Waals surface area contributed by atoms with Crippen molar-refractivity contribution in [2.45, 2.75) is 32.2 Å². The van der Waals surface area contributed by atoms with Crippen LogP contribution in [-0.2, 0) is 12.8 Å². The Morgan fingerprint density at radius 2 is 2.25 bits per heavy atom. The molecule has 0 aromatic carbocycles. The van der Waals surface area contributed by atoms with E-state index in [1.807, 2.05) is 23.6 Å². The Bertz CT molecular complexity index is 605. The van der Waals surface area contributed by atoms with Crippen LogP contribution < -0.4 is 5.32 Å². The molecule has 20 heavy (non-hydrogen) atoms. The van der Waals surface area contributed by atoms with Crippen LogP contribution in [0.25, 0.3) is 0 Å². The van der Waals surface area contributed by atoms with Crippen molar-refractivity contribution in [1.82, 2.24) is 15.3 Å². The summed E-state index contributed by atoms with van der Waals surface area (Å²) >= 11 is 8.90. The summed E-state index contributed by atoms with van der Waals surface area (Å²) in [6.45, 7) is 3.00. The van der Waals surface area contributed by atoms with Gasteiger partial charge < -0.3 is 5.32 Å². The molecule has 3 nitrogen and oxygen atoms in total. The number of hydrogen-bond donors (Lipinski definition) is 1. The Hall–Kier alpha value is -0.300. The molecule has 1 atom stereocenters. The normalized spacial score (nSPS) is 15.3. The Morgan fingerprint density at radius 1 is 1.40 bits per heavy atom. The largest absolute Gasteiger partial charge is 0.303 e. The fourth-order valence-electron chi connectivity index (χ4n) is 2.48. The van der Waals surface area contributed by atoms with E-state index in [2.05, 4.69) is 49.1 Å². The number of fused-ring (bicyclic) bond motifs is 1. The third-order valence-corrected chi connectivity index (χ3v) is 5.67. The van der Waals surface area contributed by atoms with Gasteiger partial charge in [0.15, 0.2) is 0 Å². The van der Waals surface area contributed by atoms with Crippen molar-refractivity contribution in [1.29, 1.82) is 0 Å². The molecule has 0 aliphatic heterocycles. The molecule has 1 aliphatic carbocycles. The van der Waals surface area contributed by atoms with E-state index in [1.165, 1.54) is 23.4 Å². The molecule has 0 saturated carbocycles. The molecule has 2 heterocycles. The van der Waals surface area contributed by atoms with Gasteiger partial charge in [-0.3, -0.25) is 4.98 Å². The summed E-state index contributed by atoms with van der Waals surface area (Å²) in [5, 5.41) is 4.64. The zero-order valence-corrected chi connectivity index (χ0v) is 15.1. The molecule has 3 rings (SSSR count). The summed E-state index contributed by atoms with van der Waals surface area (Å²) in [7, 11) is 0. The van der Waals surface area contributed by atoms with E-state index < -0.39 is 0 Å². The molecule has 106 valence electrons. The molecule has 2 aromatic rings. The minimum absolute atomic E-state index is 0.0677. The van der Waals surface area contributed by atoms with Crippen LogP contribution in [0.5, 0.6) is 0 Å². The molecule has 2 aromatic heterocycles. The first kappa shape index (κ1) is 14.6. The highest BCUT2D eigenvalue weighted by atomic mass is 79.9. The first-order valence-electron chi connectivity index (χ1n) is 6.72. The number of nitrogens with zero attached hydrogens (tertiary/aromatic N) is 2. The van der Waals surface area contributed by atoms with Crippen LogP contribution in [0.3, 0.4) is 0 Å². The third kappa shape index (κ3) is 2.84. The number of hydrogen-bond acceptors (Lipinski definition) is 4. The fraction of sp³-hybridized carbons (Fsp3) is 0.429. The highest BCUT2D eigenvalue weighted by Gasteiger charge is 2.25. The van der Waals surface area contributed by atoms with Gasteiger partial charge in [-0.15, -0.1) is 11.3 Å². The predicted octanol–water partition coefficient (Wildman–Crippen LogP) is 4.25. The van der Waals surface area contributed by atoms with Gasteiger partial charge in [0.1, 0.15) is 11.0 Å². The maximum Gasteiger partial charge on any atom is 0.116 e. The van der Waals surface area contributed by atoms with Gasteiger partial charge in [0, 0.05) is 20.0 Å². The van der Waals surface area contributed by atoms with E-state index >= 15 is 0 Å². The fourth-order valence-corrected chi connectivity index (χ4v) is 4.93. The van der Waals surface area contributed by atoms with Crippen molar-refractivity contribution in [2.75, 3.05) is 6.54 Å². The number of thiazole rings is 1. The Labute approximate surface area is 139 Å². The Kier molecular flexibility index (Phi) is 4.55. The lowest BCUT2D eigenvalue weighted by atomic mass is 10.2. The molecule has 0 spiro atoms. The maximum absolute atomic E-state index is 4.83. The van der Waals surface area contributed by atoms with Crippen LogP contribution in [0.4, 0.5) is 0 Å². The van der Waals surface area contributed by atoms with E-state index in [-0.39, 0.29) is 6.04 Å². The summed E-state index contributed by atoms with van der Waals surface area (Å²) in [5.41, 5.74) is 2.30. The van der Waals surface area contributed by atoms with Gasteiger partial charge in [-0.2, -0.15) is 0 Å². The zero-order chi connectivity index (χ0) is 14.1. The SMILES string of the molecule is CCNC(c1nc2c(s1)CCC2)c1ncc(Br)cc1Br. The van der Waals surface area contributed by atoms with Crippen molar-refractivity contribution in [3.05, 3.63) is 42.5 Å². The summed E-state index contributed by atoms with van der Waals surface area (Å²) < 4.78 is 1.98. The molecule has 1 unspecified atom stereocenters. The molecule has 0 fully saturated rings. The summed E-state index contributed by atoms with van der Waals surface area (Å²) in [5.74, 6) is 0. The lowest BCUT2D eigenvalue weighted by molar-refractivity contribution is 0.607. The minimum atomic E-state index is 0.0677. The lowest BCUT2D eigenvalue weighted by Crippen LogP contribution is -2.23. The molecule has 0 bridgehead atoms. The topological polar surface area (TPSA) is 37.8 Å². The molecule has 0 radical (unpaired) electrons. The zero-order valence-electron chi connectivity index (χ0n) is 11.1. The maximum atomic E-state index is 4.83. The van der Waals surface area contributed by atoms with Crippen molar-refractivity contribution in [2.24, 2.45) is 0 Å². The molecule has 0 saturated heterocycles. The van der Waals surface area contributed by atoms with Crippen LogP contribution in [0.2, 0.25) is 0 Å². The average Bonchev–Trinajstić information content (AvgIpc) is 2.97. The minimum Gasteiger partial charge on any atom is -0.303 e. The molecule has 0 amide bonds. The van der Waals surface area contributed by atoms with Crippen LogP contribution in [-0.4, -0.2) is 16.5 Å². The summed E-state index contributed by atoms with van der Waals surface area (Å²) in [4.78, 5) is 10.9. The van der Waals surface area contributed by atoms with Gasteiger partial charge in [-0.25, -0.2) is 4.98 Å². The second-order valence-electron chi connectivity index (χ2n) is 4.79. The molecular weight excluding hydrogens is 402 g/mol. The van der Waals surface area contributed by atoms with Crippen LogP contribution in [0.15, 0.2) is 21.2 Å². The van der Waals surface area contributed by atoms with E-state index in [1.54, 1.807) is 0 Å². The van der Waals surface area contributed by atoms with E-state index in [0.717, 1.165) is 32.6 Å². The Morgan fingerprint density at radius 3 is 2.95 bits per heavy atom. The van der Waals surface area contributed by atoms with Crippen molar-refractivity contribution >= 4 is 43.2 Å². The van der Waals surface area contributed by atoms with Crippen molar-refractivity contribution < 1.29 is 0 Å². The lowest BCUT2D eigenvalue weighted by Gasteiger charge is -2.16. The molecular formula is C14H15Br2N3S. The first-order valence-corrected chi connectivity index (χ1v) is 9.12. The number of aromatic nitrogens is 2. The number of pyridine rings is 1. The van der Waals surface area contributed by atoms with Crippen LogP contribution in [0.1, 0.15) is 40.7 Å². The van der Waals surface area contributed by atoms with Crippen LogP contribution >= 0.6 is 43.2 Å². The smallest absolute Gasteiger partial charge is 0.116 e. The Balaban J connectivity index is 1.99. The standard InChI is InChI=1S/C14H15Br2N3S/c1-2-17-13(12-9(16)6-8(15)7-18-12)14-19-10-4-3-5-11(10)20-14/h6-7,13,17H,2-5H2,1H3. The van der Waals surface area contributed by atoms with Crippen LogP contribution in [0, 0.1) is 0 Å². The number of aryl methyl sites for hydroxylation is 2. The van der Waals surface area contributed by atoms with Crippen molar-refractivity contribution in [3.8, 4) is 0 Å². The highest BCUT2D eigenvalue weighted by Crippen LogP contribution is 2.35. The van der Waals surface area contributed by atoms with E-state index in [4.69, 9.17) is 4.98 Å². The second-order valence-corrected chi connectivity index (χ2v) is 7.67. The van der Waals surface area contributed by atoms with Gasteiger partial charge in [0.25, 0.3) is 0 Å². The summed E-state index contributed by atoms with van der Waals surface area (Å²) in [6, 6.07) is 2.10. The number of nitrogens with one attached hydrogen (secondary N) is 1. The summed E-state index contributed by atoms with van der Waals surface area (Å²) in [6.07, 6.45) is 5.40. The van der Waals surface area contributed by atoms with E-state index in [9.17, 15) is 0 Å². The molecule has 6 heteroatoms. The average molecular weight is 417 g/mol. The van der Waals surface area contributed by atoms with Gasteiger partial charge in [0.05, 0.1) is 11.4 Å². The number of rotatable bonds is 4. The predicted molar refractivity (Wildman–Crippen MR) is 89.3 cm³/mol. The molecule has 1 aliphatic rings. The van der Waals surface area contributed by atoms with E-state index in [0.29, 0.717) is 0 Å². The first-order chi connectivity index (χ1) is 9.69. The monoisotopic (exact) mass is 415 g/mol. The molecule has 1 N–H and O–H groups in total.